The number of hydrogen-bond acceptors (Lipinski definition) is 7. The maximum Gasteiger partial charge on any atom is 0.243 e. The number of carbonyl (C=O) groups excluding carboxylic acids is 2. The van der Waals surface area contributed by atoms with Gasteiger partial charge in [0.1, 0.15) is 12.4 Å². The van der Waals surface area contributed by atoms with Crippen molar-refractivity contribution in [2.45, 2.75) is 55.5 Å². The maximum absolute atomic E-state index is 13.2. The fourth-order valence-electron chi connectivity index (χ4n) is 4.42. The van der Waals surface area contributed by atoms with Crippen LogP contribution in [0.3, 0.4) is 0 Å². The van der Waals surface area contributed by atoms with Crippen molar-refractivity contribution in [3.05, 3.63) is 42.5 Å². The Morgan fingerprint density at radius 1 is 1.16 bits per heavy atom. The smallest absolute Gasteiger partial charge is 0.243 e. The highest BCUT2D eigenvalue weighted by atomic mass is 32.2. The van der Waals surface area contributed by atoms with E-state index in [-0.39, 0.29) is 23.4 Å². The molecule has 0 radical (unpaired) electrons. The lowest BCUT2D eigenvalue weighted by Gasteiger charge is -2.28. The first-order valence-corrected chi connectivity index (χ1v) is 14.0. The van der Waals surface area contributed by atoms with E-state index in [1.165, 1.54) is 18.5 Å². The molecule has 0 spiro atoms. The number of carbonyl (C=O) groups is 2. The van der Waals surface area contributed by atoms with Crippen LogP contribution < -0.4 is 21.2 Å². The summed E-state index contributed by atoms with van der Waals surface area (Å²) in [5.74, 6) is 4.41. The summed E-state index contributed by atoms with van der Waals surface area (Å²) in [7, 11) is -4.05. The third kappa shape index (κ3) is 8.14. The Bertz CT molecular complexity index is 1190. The number of hydrogen-bond donors (Lipinski definition) is 5. The number of aliphatic hydroxyl groups excluding tert-OH is 1. The summed E-state index contributed by atoms with van der Waals surface area (Å²) in [6.07, 6.45) is 5.75. The number of hydrazone groups is 1. The minimum Gasteiger partial charge on any atom is -0.394 e. The van der Waals surface area contributed by atoms with Crippen molar-refractivity contribution in [2.24, 2.45) is 10.9 Å². The van der Waals surface area contributed by atoms with E-state index in [0.717, 1.165) is 43.0 Å². The van der Waals surface area contributed by atoms with Crippen LogP contribution in [0.25, 0.3) is 10.8 Å². The quantitative estimate of drug-likeness (QED) is 0.0782. The Balaban J connectivity index is 1.52. The molecule has 0 aromatic heterocycles. The number of fused-ring (bicyclic) bond motifs is 1. The fourth-order valence-corrected chi connectivity index (χ4v) is 5.64. The van der Waals surface area contributed by atoms with E-state index in [9.17, 15) is 23.1 Å². The lowest BCUT2D eigenvalue weighted by molar-refractivity contribution is -0.135. The average molecular weight is 533 g/mol. The summed E-state index contributed by atoms with van der Waals surface area (Å²) >= 11 is 0. The zero-order valence-corrected chi connectivity index (χ0v) is 21.6. The van der Waals surface area contributed by atoms with Gasteiger partial charge in [0.2, 0.25) is 21.8 Å². The van der Waals surface area contributed by atoms with Crippen molar-refractivity contribution in [2.75, 3.05) is 26.2 Å². The van der Waals surface area contributed by atoms with Crippen LogP contribution in [0.4, 0.5) is 0 Å². The highest BCUT2D eigenvalue weighted by molar-refractivity contribution is 7.89. The molecular formula is C25H36N6O5S. The number of likely N-dealkylation sites (tertiary alicyclic amines) is 1. The van der Waals surface area contributed by atoms with Gasteiger partial charge in [-0.25, -0.2) is 8.42 Å². The predicted molar refractivity (Wildman–Crippen MR) is 142 cm³/mol. The number of benzene rings is 2. The van der Waals surface area contributed by atoms with Gasteiger partial charge in [-0.15, -0.1) is 0 Å². The van der Waals surface area contributed by atoms with Gasteiger partial charge in [-0.1, -0.05) is 36.8 Å². The molecular weight excluding hydrogens is 496 g/mol. The predicted octanol–water partition coefficient (Wildman–Crippen LogP) is 0.638. The number of nitrogens with two attached hydrogens (primary N) is 1. The minimum atomic E-state index is -4.05. The Morgan fingerprint density at radius 3 is 2.70 bits per heavy atom. The molecule has 202 valence electrons. The van der Waals surface area contributed by atoms with Gasteiger partial charge in [-0.3, -0.25) is 9.59 Å². The first-order valence-electron chi connectivity index (χ1n) is 12.5. The molecule has 12 heteroatoms. The third-order valence-corrected chi connectivity index (χ3v) is 7.86. The van der Waals surface area contributed by atoms with Crippen molar-refractivity contribution in [3.8, 4) is 0 Å². The molecule has 2 atom stereocenters. The number of unbranched alkanes of at least 4 members (excludes halogenated alkanes) is 2. The lowest BCUT2D eigenvalue weighted by Crippen LogP contribution is -2.53. The van der Waals surface area contributed by atoms with E-state index in [2.05, 4.69) is 20.5 Å². The molecule has 0 bridgehead atoms. The van der Waals surface area contributed by atoms with Crippen LogP contribution in [0.15, 0.2) is 52.5 Å². The number of sulfonamides is 1. The van der Waals surface area contributed by atoms with Crippen LogP contribution in [-0.2, 0) is 19.6 Å². The zero-order valence-electron chi connectivity index (χ0n) is 20.8. The van der Waals surface area contributed by atoms with E-state index >= 15 is 0 Å². The second kappa shape index (κ2) is 13.9. The average Bonchev–Trinajstić information content (AvgIpc) is 3.38. The van der Waals surface area contributed by atoms with Crippen LogP contribution in [0, 0.1) is 0 Å². The van der Waals surface area contributed by atoms with Crippen LogP contribution in [0.5, 0.6) is 0 Å². The molecule has 11 nitrogen and oxygen atoms in total. The van der Waals surface area contributed by atoms with Crippen LogP contribution in [-0.4, -0.2) is 74.9 Å². The van der Waals surface area contributed by atoms with Gasteiger partial charge in [0.25, 0.3) is 0 Å². The van der Waals surface area contributed by atoms with Crippen molar-refractivity contribution in [3.63, 3.8) is 0 Å². The van der Waals surface area contributed by atoms with Gasteiger partial charge in [-0.2, -0.15) is 9.82 Å². The SMILES string of the molecule is NN=CNCCCCCC(=O)NCC1CCCN1C(=O)C(CO)NS(=O)(=O)c1ccc2ccccc2c1. The van der Waals surface area contributed by atoms with E-state index in [4.69, 9.17) is 5.84 Å². The molecule has 1 heterocycles. The Hall–Kier alpha value is -3.22. The summed E-state index contributed by atoms with van der Waals surface area (Å²) in [4.78, 5) is 27.0. The number of rotatable bonds is 14. The van der Waals surface area contributed by atoms with E-state index in [0.29, 0.717) is 19.4 Å². The van der Waals surface area contributed by atoms with Gasteiger partial charge in [0, 0.05) is 32.1 Å². The first-order chi connectivity index (χ1) is 17.9. The van der Waals surface area contributed by atoms with Gasteiger partial charge < -0.3 is 26.5 Å². The molecule has 6 N–H and O–H groups in total. The Labute approximate surface area is 217 Å². The molecule has 1 fully saturated rings. The third-order valence-electron chi connectivity index (χ3n) is 6.40. The number of nitrogens with one attached hydrogen (secondary N) is 3. The van der Waals surface area contributed by atoms with Crippen molar-refractivity contribution in [1.82, 2.24) is 20.3 Å². The van der Waals surface area contributed by atoms with E-state index in [1.807, 2.05) is 24.3 Å². The topological polar surface area (TPSA) is 166 Å². The maximum atomic E-state index is 13.2. The zero-order chi connectivity index (χ0) is 26.7. The van der Waals surface area contributed by atoms with Crippen LogP contribution in [0.2, 0.25) is 0 Å². The molecule has 1 aliphatic heterocycles. The molecule has 3 rings (SSSR count). The van der Waals surface area contributed by atoms with Crippen molar-refractivity contribution < 1.29 is 23.1 Å². The number of aliphatic hydroxyl groups is 1. The monoisotopic (exact) mass is 532 g/mol. The van der Waals surface area contributed by atoms with Crippen molar-refractivity contribution >= 4 is 38.9 Å². The molecule has 1 saturated heterocycles. The lowest BCUT2D eigenvalue weighted by atomic mass is 10.1. The molecule has 0 aliphatic carbocycles. The molecule has 2 aromatic carbocycles. The summed E-state index contributed by atoms with van der Waals surface area (Å²) in [6, 6.07) is 10.5. The second-order valence-corrected chi connectivity index (χ2v) is 10.8. The highest BCUT2D eigenvalue weighted by Crippen LogP contribution is 2.21. The highest BCUT2D eigenvalue weighted by Gasteiger charge is 2.35. The summed E-state index contributed by atoms with van der Waals surface area (Å²) < 4.78 is 28.4. The van der Waals surface area contributed by atoms with Gasteiger partial charge in [0.15, 0.2) is 0 Å². The van der Waals surface area contributed by atoms with Gasteiger partial charge >= 0.3 is 0 Å². The first kappa shape index (κ1) is 28.4. The number of nitrogens with zero attached hydrogens (tertiary/aromatic N) is 2. The molecule has 37 heavy (non-hydrogen) atoms. The Kier molecular flexibility index (Phi) is 10.7. The minimum absolute atomic E-state index is 0.0194. The Morgan fingerprint density at radius 2 is 1.95 bits per heavy atom. The van der Waals surface area contributed by atoms with Gasteiger partial charge in [-0.05, 0) is 48.6 Å². The number of amides is 2. The normalized spacial score (nSPS) is 16.8. The summed E-state index contributed by atoms with van der Waals surface area (Å²) in [5, 5.41) is 20.7. The molecule has 2 aromatic rings. The second-order valence-electron chi connectivity index (χ2n) is 9.04. The van der Waals surface area contributed by atoms with E-state index < -0.39 is 28.6 Å². The van der Waals surface area contributed by atoms with Crippen molar-refractivity contribution in [1.29, 1.82) is 0 Å². The largest absolute Gasteiger partial charge is 0.394 e. The standard InChI is InChI=1S/C25H36N6O5S/c26-29-18-27-13-5-1-2-10-24(33)28-16-21-9-6-14-31(21)25(34)23(17-32)30-37(35,36)22-12-11-19-7-3-4-8-20(19)15-22/h3-4,7-8,11-12,15,18,21,23,30,32H,1-2,5-6,9-10,13-14,16-17,26H2,(H,27,29)(H,28,33). The summed E-state index contributed by atoms with van der Waals surface area (Å²) in [6.45, 7) is 0.784. The molecule has 2 unspecified atom stereocenters. The fraction of sp³-hybridized carbons (Fsp3) is 0.480. The van der Waals surface area contributed by atoms with E-state index in [1.54, 1.807) is 11.0 Å². The summed E-state index contributed by atoms with van der Waals surface area (Å²) in [5.41, 5.74) is 0. The van der Waals surface area contributed by atoms with Gasteiger partial charge in [0.05, 0.1) is 11.5 Å². The molecule has 0 saturated carbocycles. The molecule has 2 amide bonds. The van der Waals surface area contributed by atoms with Crippen LogP contribution >= 0.6 is 0 Å². The van der Waals surface area contributed by atoms with Crippen LogP contribution in [0.1, 0.15) is 38.5 Å². The molecule has 1 aliphatic rings.